The summed E-state index contributed by atoms with van der Waals surface area (Å²) in [7, 11) is 0. The Hall–Kier alpha value is 0. The van der Waals surface area contributed by atoms with Crippen LogP contribution in [0.15, 0.2) is 0 Å². The maximum atomic E-state index is 2.41. The van der Waals surface area contributed by atoms with Crippen LogP contribution in [0.1, 0.15) is 73.6 Å². The predicted molar refractivity (Wildman–Crippen MR) is 66.5 cm³/mol. The summed E-state index contributed by atoms with van der Waals surface area (Å²) in [4.78, 5) is 0. The second-order valence-electron chi connectivity index (χ2n) is 6.13. The molecule has 0 aliphatic carbocycles. The molecule has 0 aliphatic rings. The Bertz CT molecular complexity index is 133. The Kier molecular flexibility index (Phi) is 6.48. The molecule has 0 saturated carbocycles. The Morgan fingerprint density at radius 3 is 1.93 bits per heavy atom. The molecule has 0 fully saturated rings. The van der Waals surface area contributed by atoms with Crippen molar-refractivity contribution in [3.8, 4) is 0 Å². The lowest BCUT2D eigenvalue weighted by molar-refractivity contribution is 0.279. The lowest BCUT2D eigenvalue weighted by Gasteiger charge is -2.24. The van der Waals surface area contributed by atoms with Crippen LogP contribution in [-0.4, -0.2) is 0 Å². The lowest BCUT2D eigenvalue weighted by Crippen LogP contribution is -2.11. The topological polar surface area (TPSA) is 0 Å². The fourth-order valence-corrected chi connectivity index (χ4v) is 1.58. The minimum absolute atomic E-state index is 0.562. The van der Waals surface area contributed by atoms with Gasteiger partial charge < -0.3 is 0 Å². The van der Waals surface area contributed by atoms with Gasteiger partial charge in [0.25, 0.3) is 0 Å². The third-order valence-electron chi connectivity index (χ3n) is 3.51. The summed E-state index contributed by atoms with van der Waals surface area (Å²) in [5.74, 6) is 1.79. The van der Waals surface area contributed by atoms with Gasteiger partial charge in [-0.1, -0.05) is 67.2 Å². The standard InChI is InChI=1S/C14H30/c1-7-14(5,6)11-10-13(4)9-8-12(2)3/h12-13H,7-11H2,1-6H3. The van der Waals surface area contributed by atoms with Crippen LogP contribution < -0.4 is 0 Å². The van der Waals surface area contributed by atoms with E-state index in [9.17, 15) is 0 Å². The average molecular weight is 198 g/mol. The average Bonchev–Trinajstić information content (AvgIpc) is 2.11. The van der Waals surface area contributed by atoms with Crippen molar-refractivity contribution in [3.63, 3.8) is 0 Å². The fraction of sp³-hybridized carbons (Fsp3) is 1.00. The molecule has 0 heteroatoms. The number of hydrogen-bond donors (Lipinski definition) is 0. The zero-order valence-electron chi connectivity index (χ0n) is 11.2. The molecule has 0 aromatic carbocycles. The van der Waals surface area contributed by atoms with Crippen molar-refractivity contribution < 1.29 is 0 Å². The van der Waals surface area contributed by atoms with Crippen LogP contribution in [0.4, 0.5) is 0 Å². The molecule has 0 aliphatic heterocycles. The smallest absolute Gasteiger partial charge is 0.0357 e. The molecule has 0 radical (unpaired) electrons. The van der Waals surface area contributed by atoms with E-state index in [0.29, 0.717) is 5.41 Å². The molecule has 0 aromatic heterocycles. The van der Waals surface area contributed by atoms with Gasteiger partial charge in [0.2, 0.25) is 0 Å². The monoisotopic (exact) mass is 198 g/mol. The minimum Gasteiger partial charge on any atom is -0.0649 e. The molecule has 0 bridgehead atoms. The van der Waals surface area contributed by atoms with E-state index in [1.807, 2.05) is 0 Å². The molecule has 0 N–H and O–H groups in total. The van der Waals surface area contributed by atoms with Gasteiger partial charge in [-0.05, 0) is 23.7 Å². The zero-order valence-corrected chi connectivity index (χ0v) is 11.2. The van der Waals surface area contributed by atoms with E-state index in [1.165, 1.54) is 32.1 Å². The first-order valence-corrected chi connectivity index (χ1v) is 6.37. The van der Waals surface area contributed by atoms with E-state index in [0.717, 1.165) is 11.8 Å². The predicted octanol–water partition coefficient (Wildman–Crippen LogP) is 5.28. The largest absolute Gasteiger partial charge is 0.0649 e. The van der Waals surface area contributed by atoms with Crippen molar-refractivity contribution in [2.24, 2.45) is 17.3 Å². The number of rotatable bonds is 7. The van der Waals surface area contributed by atoms with Gasteiger partial charge in [-0.2, -0.15) is 0 Å². The highest BCUT2D eigenvalue weighted by Gasteiger charge is 2.16. The van der Waals surface area contributed by atoms with E-state index >= 15 is 0 Å². The normalized spacial score (nSPS) is 14.8. The summed E-state index contributed by atoms with van der Waals surface area (Å²) in [5, 5.41) is 0. The first-order valence-electron chi connectivity index (χ1n) is 6.37. The van der Waals surface area contributed by atoms with Crippen molar-refractivity contribution in [2.75, 3.05) is 0 Å². The fourth-order valence-electron chi connectivity index (χ4n) is 1.58. The van der Waals surface area contributed by atoms with E-state index in [2.05, 4.69) is 41.5 Å². The van der Waals surface area contributed by atoms with Crippen LogP contribution in [0.3, 0.4) is 0 Å². The SMILES string of the molecule is CCC(C)(C)CCC(C)CCC(C)C. The molecule has 0 aromatic rings. The van der Waals surface area contributed by atoms with Crippen molar-refractivity contribution in [1.82, 2.24) is 0 Å². The Morgan fingerprint density at radius 1 is 0.929 bits per heavy atom. The second-order valence-corrected chi connectivity index (χ2v) is 6.13. The van der Waals surface area contributed by atoms with Crippen molar-refractivity contribution in [2.45, 2.75) is 73.6 Å². The van der Waals surface area contributed by atoms with Gasteiger partial charge in [-0.25, -0.2) is 0 Å². The molecular formula is C14H30. The maximum Gasteiger partial charge on any atom is -0.0357 e. The first kappa shape index (κ1) is 14.0. The van der Waals surface area contributed by atoms with Gasteiger partial charge in [-0.3, -0.25) is 0 Å². The van der Waals surface area contributed by atoms with E-state index in [4.69, 9.17) is 0 Å². The molecule has 0 saturated heterocycles. The van der Waals surface area contributed by atoms with Crippen LogP contribution in [0.25, 0.3) is 0 Å². The molecule has 1 unspecified atom stereocenters. The van der Waals surface area contributed by atoms with Gasteiger partial charge in [0.05, 0.1) is 0 Å². The molecule has 0 heterocycles. The molecule has 0 amide bonds. The summed E-state index contributed by atoms with van der Waals surface area (Å²) in [5.41, 5.74) is 0.562. The van der Waals surface area contributed by atoms with Gasteiger partial charge in [0.15, 0.2) is 0 Å². The summed E-state index contributed by atoms with van der Waals surface area (Å²) >= 11 is 0. The van der Waals surface area contributed by atoms with E-state index in [1.54, 1.807) is 0 Å². The molecule has 86 valence electrons. The molecule has 0 spiro atoms. The van der Waals surface area contributed by atoms with Crippen LogP contribution in [0, 0.1) is 17.3 Å². The van der Waals surface area contributed by atoms with Crippen molar-refractivity contribution in [3.05, 3.63) is 0 Å². The van der Waals surface area contributed by atoms with Crippen molar-refractivity contribution >= 4 is 0 Å². The Balaban J connectivity index is 3.58. The molecule has 1 atom stereocenters. The summed E-state index contributed by atoms with van der Waals surface area (Å²) in [6.45, 7) is 14.1. The quantitative estimate of drug-likeness (QED) is 0.522. The summed E-state index contributed by atoms with van der Waals surface area (Å²) in [6.07, 6.45) is 6.92. The van der Waals surface area contributed by atoms with Crippen molar-refractivity contribution in [1.29, 1.82) is 0 Å². The van der Waals surface area contributed by atoms with Crippen LogP contribution in [0.2, 0.25) is 0 Å². The van der Waals surface area contributed by atoms with Gasteiger partial charge in [-0.15, -0.1) is 0 Å². The molecular weight excluding hydrogens is 168 g/mol. The maximum absolute atomic E-state index is 2.41. The van der Waals surface area contributed by atoms with Gasteiger partial charge >= 0.3 is 0 Å². The van der Waals surface area contributed by atoms with E-state index < -0.39 is 0 Å². The highest BCUT2D eigenvalue weighted by Crippen LogP contribution is 2.29. The Labute approximate surface area is 91.5 Å². The minimum atomic E-state index is 0.562. The lowest BCUT2D eigenvalue weighted by atomic mass is 9.82. The zero-order chi connectivity index (χ0) is 11.2. The summed E-state index contributed by atoms with van der Waals surface area (Å²) in [6, 6.07) is 0. The van der Waals surface area contributed by atoms with Crippen LogP contribution in [-0.2, 0) is 0 Å². The highest BCUT2D eigenvalue weighted by atomic mass is 14.2. The summed E-state index contributed by atoms with van der Waals surface area (Å²) < 4.78 is 0. The first-order chi connectivity index (χ1) is 6.37. The molecule has 0 nitrogen and oxygen atoms in total. The van der Waals surface area contributed by atoms with Crippen LogP contribution >= 0.6 is 0 Å². The highest BCUT2D eigenvalue weighted by molar-refractivity contribution is 4.68. The number of hydrogen-bond acceptors (Lipinski definition) is 0. The van der Waals surface area contributed by atoms with Crippen LogP contribution in [0.5, 0.6) is 0 Å². The van der Waals surface area contributed by atoms with Gasteiger partial charge in [0, 0.05) is 0 Å². The molecule has 0 rings (SSSR count). The molecule has 14 heavy (non-hydrogen) atoms. The van der Waals surface area contributed by atoms with Gasteiger partial charge in [0.1, 0.15) is 0 Å². The van der Waals surface area contributed by atoms with E-state index in [-0.39, 0.29) is 0 Å². The third-order valence-corrected chi connectivity index (χ3v) is 3.51. The Morgan fingerprint density at radius 2 is 1.50 bits per heavy atom. The second kappa shape index (κ2) is 6.48. The third kappa shape index (κ3) is 7.41.